The van der Waals surface area contributed by atoms with Crippen molar-refractivity contribution in [3.63, 3.8) is 0 Å². The number of nitrogens with zero attached hydrogens (tertiary/aromatic N) is 1. The lowest BCUT2D eigenvalue weighted by Crippen LogP contribution is -1.95. The van der Waals surface area contributed by atoms with Crippen molar-refractivity contribution < 1.29 is 4.92 Å². The van der Waals surface area contributed by atoms with E-state index in [0.29, 0.717) is 10.9 Å². The molecule has 0 saturated carbocycles. The number of alkyl halides is 1. The molecule has 0 aliphatic carbocycles. The molecular weight excluding hydrogens is 257 g/mol. The van der Waals surface area contributed by atoms with E-state index in [9.17, 15) is 10.1 Å². The summed E-state index contributed by atoms with van der Waals surface area (Å²) in [4.78, 5) is 10.2. The Hall–Kier alpha value is -0.610. The van der Waals surface area contributed by atoms with E-state index >= 15 is 0 Å². The van der Waals surface area contributed by atoms with Gasteiger partial charge in [-0.3, -0.25) is 10.1 Å². The monoisotopic (exact) mass is 263 g/mol. The molecule has 70 valence electrons. The Balaban J connectivity index is 3.38. The third-order valence-corrected chi connectivity index (χ3v) is 2.73. The van der Waals surface area contributed by atoms with E-state index in [1.54, 1.807) is 19.1 Å². The molecule has 0 fully saturated rings. The van der Waals surface area contributed by atoms with Crippen molar-refractivity contribution >= 4 is 33.2 Å². The van der Waals surface area contributed by atoms with Crippen molar-refractivity contribution in [1.29, 1.82) is 0 Å². The summed E-state index contributed by atoms with van der Waals surface area (Å²) in [6, 6.07) is 3.32. The average Bonchev–Trinajstić information content (AvgIpc) is 2.04. The highest BCUT2D eigenvalue weighted by Crippen LogP contribution is 2.30. The van der Waals surface area contributed by atoms with Gasteiger partial charge in [-0.25, -0.2) is 0 Å². The Bertz CT molecular complexity index is 354. The molecule has 0 radical (unpaired) electrons. The maximum absolute atomic E-state index is 10.6. The van der Waals surface area contributed by atoms with E-state index in [1.165, 1.54) is 0 Å². The summed E-state index contributed by atoms with van der Waals surface area (Å²) >= 11 is 8.95. The van der Waals surface area contributed by atoms with Gasteiger partial charge in [-0.05, 0) is 18.6 Å². The van der Waals surface area contributed by atoms with Crippen LogP contribution in [0.15, 0.2) is 12.1 Å². The van der Waals surface area contributed by atoms with Gasteiger partial charge in [-0.1, -0.05) is 33.6 Å². The Labute approximate surface area is 89.0 Å². The molecule has 0 saturated heterocycles. The fraction of sp³-hybridized carbons (Fsp3) is 0.250. The molecule has 5 heteroatoms. The first-order valence-corrected chi connectivity index (χ1v) is 5.06. The lowest BCUT2D eigenvalue weighted by atomic mass is 10.1. The summed E-state index contributed by atoms with van der Waals surface area (Å²) in [5.41, 5.74) is 1.50. The van der Waals surface area contributed by atoms with Gasteiger partial charge < -0.3 is 0 Å². The van der Waals surface area contributed by atoms with Crippen molar-refractivity contribution in [2.24, 2.45) is 0 Å². The van der Waals surface area contributed by atoms with Gasteiger partial charge in [0.2, 0.25) is 0 Å². The van der Waals surface area contributed by atoms with E-state index < -0.39 is 4.92 Å². The normalized spacial score (nSPS) is 10.1. The zero-order valence-corrected chi connectivity index (χ0v) is 9.22. The summed E-state index contributed by atoms with van der Waals surface area (Å²) in [7, 11) is 0. The molecule has 0 aliphatic heterocycles. The second-order valence-electron chi connectivity index (χ2n) is 2.57. The highest BCUT2D eigenvalue weighted by Gasteiger charge is 2.17. The molecule has 0 amide bonds. The topological polar surface area (TPSA) is 43.1 Å². The molecule has 1 aromatic carbocycles. The summed E-state index contributed by atoms with van der Waals surface area (Å²) in [6.07, 6.45) is 0. The van der Waals surface area contributed by atoms with Gasteiger partial charge in [0.25, 0.3) is 5.69 Å². The first-order chi connectivity index (χ1) is 6.07. The van der Waals surface area contributed by atoms with E-state index in [-0.39, 0.29) is 10.7 Å². The van der Waals surface area contributed by atoms with Crippen LogP contribution in [0.5, 0.6) is 0 Å². The second kappa shape index (κ2) is 4.07. The largest absolute Gasteiger partial charge is 0.291 e. The SMILES string of the molecule is Cc1c(CBr)ccc(Cl)c1[N+](=O)[O-]. The number of nitro benzene ring substituents is 1. The van der Waals surface area contributed by atoms with Crippen LogP contribution in [0.25, 0.3) is 0 Å². The van der Waals surface area contributed by atoms with Crippen molar-refractivity contribution in [3.8, 4) is 0 Å². The molecule has 1 aromatic rings. The third-order valence-electron chi connectivity index (χ3n) is 1.82. The first-order valence-electron chi connectivity index (χ1n) is 3.56. The minimum Gasteiger partial charge on any atom is -0.258 e. The number of halogens is 2. The predicted octanol–water partition coefficient (Wildman–Crippen LogP) is 3.45. The van der Waals surface area contributed by atoms with Crippen molar-refractivity contribution in [1.82, 2.24) is 0 Å². The predicted molar refractivity (Wildman–Crippen MR) is 55.5 cm³/mol. The first kappa shape index (κ1) is 10.5. The molecule has 13 heavy (non-hydrogen) atoms. The molecule has 0 aromatic heterocycles. The van der Waals surface area contributed by atoms with Crippen LogP contribution >= 0.6 is 27.5 Å². The summed E-state index contributed by atoms with van der Waals surface area (Å²) in [6.45, 7) is 1.70. The molecule has 0 spiro atoms. The Morgan fingerprint density at radius 2 is 2.23 bits per heavy atom. The highest BCUT2D eigenvalue weighted by atomic mass is 79.9. The number of hydrogen-bond donors (Lipinski definition) is 0. The lowest BCUT2D eigenvalue weighted by Gasteiger charge is -2.03. The molecule has 0 bridgehead atoms. The van der Waals surface area contributed by atoms with Crippen LogP contribution in [0.2, 0.25) is 5.02 Å². The van der Waals surface area contributed by atoms with Crippen LogP contribution in [-0.2, 0) is 5.33 Å². The molecule has 0 aliphatic rings. The van der Waals surface area contributed by atoms with E-state index in [4.69, 9.17) is 11.6 Å². The minimum atomic E-state index is -0.455. The van der Waals surface area contributed by atoms with Crippen LogP contribution < -0.4 is 0 Å². The van der Waals surface area contributed by atoms with Crippen LogP contribution in [0, 0.1) is 17.0 Å². The standard InChI is InChI=1S/C8H7BrClNO2/c1-5-6(4-9)2-3-7(10)8(5)11(12)13/h2-3H,4H2,1H3. The quantitative estimate of drug-likeness (QED) is 0.466. The van der Waals surface area contributed by atoms with Crippen molar-refractivity contribution in [2.75, 3.05) is 0 Å². The smallest absolute Gasteiger partial charge is 0.258 e. The van der Waals surface area contributed by atoms with E-state index in [0.717, 1.165) is 5.56 Å². The van der Waals surface area contributed by atoms with Crippen LogP contribution in [0.4, 0.5) is 5.69 Å². The van der Waals surface area contributed by atoms with Gasteiger partial charge in [0.05, 0.1) is 4.92 Å². The fourth-order valence-electron chi connectivity index (χ4n) is 1.08. The zero-order chi connectivity index (χ0) is 10.0. The van der Waals surface area contributed by atoms with Gasteiger partial charge >= 0.3 is 0 Å². The Morgan fingerprint density at radius 1 is 1.62 bits per heavy atom. The fourth-order valence-corrected chi connectivity index (χ4v) is 1.96. The number of rotatable bonds is 2. The maximum Gasteiger partial charge on any atom is 0.291 e. The van der Waals surface area contributed by atoms with Gasteiger partial charge in [-0.2, -0.15) is 0 Å². The second-order valence-corrected chi connectivity index (χ2v) is 3.54. The zero-order valence-electron chi connectivity index (χ0n) is 6.88. The van der Waals surface area contributed by atoms with E-state index in [1.807, 2.05) is 0 Å². The minimum absolute atomic E-state index is 0.00128. The Kier molecular flexibility index (Phi) is 3.27. The average molecular weight is 265 g/mol. The van der Waals surface area contributed by atoms with Gasteiger partial charge in [0.1, 0.15) is 5.02 Å². The molecule has 0 unspecified atom stereocenters. The van der Waals surface area contributed by atoms with Gasteiger partial charge in [-0.15, -0.1) is 0 Å². The molecular formula is C8H7BrClNO2. The third kappa shape index (κ3) is 2.00. The molecule has 0 N–H and O–H groups in total. The Morgan fingerprint density at radius 3 is 2.69 bits per heavy atom. The molecule has 1 rings (SSSR count). The molecule has 0 heterocycles. The number of benzene rings is 1. The summed E-state index contributed by atoms with van der Waals surface area (Å²) < 4.78 is 0. The van der Waals surface area contributed by atoms with Gasteiger partial charge in [0, 0.05) is 10.9 Å². The molecule has 3 nitrogen and oxygen atoms in total. The van der Waals surface area contributed by atoms with Crippen LogP contribution in [-0.4, -0.2) is 4.92 Å². The maximum atomic E-state index is 10.6. The molecule has 0 atom stereocenters. The summed E-state index contributed by atoms with van der Waals surface area (Å²) in [5.74, 6) is 0. The number of nitro groups is 1. The van der Waals surface area contributed by atoms with Crippen LogP contribution in [0.1, 0.15) is 11.1 Å². The van der Waals surface area contributed by atoms with E-state index in [2.05, 4.69) is 15.9 Å². The number of hydrogen-bond acceptors (Lipinski definition) is 2. The summed E-state index contributed by atoms with van der Waals surface area (Å²) in [5, 5.41) is 11.4. The lowest BCUT2D eigenvalue weighted by molar-refractivity contribution is -0.385. The highest BCUT2D eigenvalue weighted by molar-refractivity contribution is 9.08. The van der Waals surface area contributed by atoms with Crippen LogP contribution in [0.3, 0.4) is 0 Å². The van der Waals surface area contributed by atoms with Crippen molar-refractivity contribution in [2.45, 2.75) is 12.3 Å². The van der Waals surface area contributed by atoms with Crippen molar-refractivity contribution in [3.05, 3.63) is 38.4 Å². The van der Waals surface area contributed by atoms with Gasteiger partial charge in [0.15, 0.2) is 0 Å².